The van der Waals surface area contributed by atoms with E-state index in [1.165, 1.54) is 18.4 Å². The van der Waals surface area contributed by atoms with Gasteiger partial charge in [-0.3, -0.25) is 4.90 Å². The van der Waals surface area contributed by atoms with Gasteiger partial charge in [0.05, 0.1) is 13.2 Å². The van der Waals surface area contributed by atoms with Crippen LogP contribution in [0.1, 0.15) is 43.7 Å². The fourth-order valence-corrected chi connectivity index (χ4v) is 3.84. The molecule has 0 radical (unpaired) electrons. The van der Waals surface area contributed by atoms with Crippen molar-refractivity contribution in [1.29, 1.82) is 0 Å². The van der Waals surface area contributed by atoms with Crippen LogP contribution in [0.25, 0.3) is 0 Å². The lowest BCUT2D eigenvalue weighted by atomic mass is 9.99. The Morgan fingerprint density at radius 3 is 2.64 bits per heavy atom. The van der Waals surface area contributed by atoms with E-state index in [1.807, 2.05) is 6.07 Å². The van der Waals surface area contributed by atoms with E-state index in [0.717, 1.165) is 43.9 Å². The molecule has 3 rings (SSSR count). The SMILES string of the molecule is COc1ccc(C2CC(CN)CN2C)cc1OC1CCCC1. The zero-order valence-corrected chi connectivity index (χ0v) is 13.8. The number of nitrogens with zero attached hydrogens (tertiary/aromatic N) is 1. The molecule has 4 heteroatoms. The van der Waals surface area contributed by atoms with E-state index in [0.29, 0.717) is 18.1 Å². The lowest BCUT2D eigenvalue weighted by Crippen LogP contribution is -2.20. The van der Waals surface area contributed by atoms with Crippen LogP contribution in [-0.2, 0) is 0 Å². The number of nitrogens with two attached hydrogens (primary N) is 1. The second-order valence-corrected chi connectivity index (χ2v) is 6.73. The molecule has 2 atom stereocenters. The molecule has 1 heterocycles. The van der Waals surface area contributed by atoms with Gasteiger partial charge in [-0.15, -0.1) is 0 Å². The maximum absolute atomic E-state index is 6.22. The van der Waals surface area contributed by atoms with Crippen molar-refractivity contribution in [2.24, 2.45) is 11.7 Å². The third kappa shape index (κ3) is 3.23. The normalized spacial score (nSPS) is 26.5. The zero-order valence-electron chi connectivity index (χ0n) is 13.8. The highest BCUT2D eigenvalue weighted by atomic mass is 16.5. The molecule has 2 fully saturated rings. The van der Waals surface area contributed by atoms with E-state index in [4.69, 9.17) is 15.2 Å². The minimum Gasteiger partial charge on any atom is -0.493 e. The first kappa shape index (κ1) is 15.6. The molecular weight excluding hydrogens is 276 g/mol. The van der Waals surface area contributed by atoms with Crippen LogP contribution >= 0.6 is 0 Å². The Morgan fingerprint density at radius 1 is 1.23 bits per heavy atom. The molecule has 0 amide bonds. The van der Waals surface area contributed by atoms with E-state index in [2.05, 4.69) is 24.1 Å². The molecular formula is C18H28N2O2. The van der Waals surface area contributed by atoms with E-state index in [1.54, 1.807) is 7.11 Å². The van der Waals surface area contributed by atoms with Crippen molar-refractivity contribution in [3.63, 3.8) is 0 Å². The first-order valence-electron chi connectivity index (χ1n) is 8.46. The number of ether oxygens (including phenoxy) is 2. The highest BCUT2D eigenvalue weighted by Gasteiger charge is 2.30. The maximum Gasteiger partial charge on any atom is 0.161 e. The number of hydrogen-bond donors (Lipinski definition) is 1. The lowest BCUT2D eigenvalue weighted by Gasteiger charge is -2.22. The minimum atomic E-state index is 0.349. The van der Waals surface area contributed by atoms with Crippen molar-refractivity contribution in [3.05, 3.63) is 23.8 Å². The average Bonchev–Trinajstić information content (AvgIpc) is 3.16. The predicted octanol–water partition coefficient (Wildman–Crippen LogP) is 2.97. The molecule has 2 aliphatic rings. The van der Waals surface area contributed by atoms with Gasteiger partial charge in [0, 0.05) is 12.6 Å². The number of methoxy groups -OCH3 is 1. The van der Waals surface area contributed by atoms with Gasteiger partial charge in [0.1, 0.15) is 0 Å². The molecule has 1 saturated heterocycles. The first-order valence-corrected chi connectivity index (χ1v) is 8.46. The lowest BCUT2D eigenvalue weighted by molar-refractivity contribution is 0.200. The molecule has 1 aromatic carbocycles. The van der Waals surface area contributed by atoms with Crippen molar-refractivity contribution in [3.8, 4) is 11.5 Å². The third-order valence-corrected chi connectivity index (χ3v) is 5.14. The van der Waals surface area contributed by atoms with Gasteiger partial charge in [0.15, 0.2) is 11.5 Å². The number of rotatable bonds is 5. The molecule has 0 aromatic heterocycles. The van der Waals surface area contributed by atoms with Gasteiger partial charge in [-0.05, 0) is 69.3 Å². The van der Waals surface area contributed by atoms with Crippen molar-refractivity contribution >= 4 is 0 Å². The summed E-state index contributed by atoms with van der Waals surface area (Å²) >= 11 is 0. The smallest absolute Gasteiger partial charge is 0.161 e. The average molecular weight is 304 g/mol. The van der Waals surface area contributed by atoms with Crippen molar-refractivity contribution in [2.45, 2.75) is 44.2 Å². The molecule has 1 saturated carbocycles. The van der Waals surface area contributed by atoms with Crippen LogP contribution in [0.4, 0.5) is 0 Å². The molecule has 22 heavy (non-hydrogen) atoms. The zero-order chi connectivity index (χ0) is 15.5. The monoisotopic (exact) mass is 304 g/mol. The summed E-state index contributed by atoms with van der Waals surface area (Å²) < 4.78 is 11.7. The topological polar surface area (TPSA) is 47.7 Å². The van der Waals surface area contributed by atoms with Crippen LogP contribution in [0.3, 0.4) is 0 Å². The van der Waals surface area contributed by atoms with Crippen molar-refractivity contribution < 1.29 is 9.47 Å². The standard InChI is InChI=1S/C18H28N2O2/c1-20-12-13(11-19)9-16(20)14-7-8-17(21-2)18(10-14)22-15-5-3-4-6-15/h7-8,10,13,15-16H,3-6,9,11-12,19H2,1-2H3. The molecule has 1 aliphatic heterocycles. The second-order valence-electron chi connectivity index (χ2n) is 6.73. The molecule has 2 unspecified atom stereocenters. The fraction of sp³-hybridized carbons (Fsp3) is 0.667. The van der Waals surface area contributed by atoms with Crippen molar-refractivity contribution in [1.82, 2.24) is 4.90 Å². The highest BCUT2D eigenvalue weighted by Crippen LogP contribution is 2.39. The van der Waals surface area contributed by atoms with E-state index < -0.39 is 0 Å². The largest absolute Gasteiger partial charge is 0.493 e. The number of hydrogen-bond acceptors (Lipinski definition) is 4. The Kier molecular flexibility index (Phi) is 4.89. The maximum atomic E-state index is 6.22. The van der Waals surface area contributed by atoms with E-state index >= 15 is 0 Å². The summed E-state index contributed by atoms with van der Waals surface area (Å²) in [4.78, 5) is 2.40. The van der Waals surface area contributed by atoms with Crippen LogP contribution in [-0.4, -0.2) is 38.3 Å². The Labute approximate surface area is 133 Å². The summed E-state index contributed by atoms with van der Waals surface area (Å²) in [6.45, 7) is 1.84. The summed E-state index contributed by atoms with van der Waals surface area (Å²) in [5.41, 5.74) is 7.16. The Bertz CT molecular complexity index is 500. The van der Waals surface area contributed by atoms with Gasteiger partial charge in [-0.25, -0.2) is 0 Å². The Morgan fingerprint density at radius 2 is 2.00 bits per heavy atom. The Hall–Kier alpha value is -1.26. The third-order valence-electron chi connectivity index (χ3n) is 5.14. The van der Waals surface area contributed by atoms with Crippen molar-refractivity contribution in [2.75, 3.05) is 27.2 Å². The molecule has 0 spiro atoms. The van der Waals surface area contributed by atoms with Gasteiger partial charge in [-0.2, -0.15) is 0 Å². The van der Waals surface area contributed by atoms with E-state index in [9.17, 15) is 0 Å². The van der Waals surface area contributed by atoms with Crippen LogP contribution in [0.15, 0.2) is 18.2 Å². The quantitative estimate of drug-likeness (QED) is 0.908. The summed E-state index contributed by atoms with van der Waals surface area (Å²) in [5, 5.41) is 0. The summed E-state index contributed by atoms with van der Waals surface area (Å²) in [7, 11) is 3.89. The van der Waals surface area contributed by atoms with Gasteiger partial charge in [-0.1, -0.05) is 6.07 Å². The van der Waals surface area contributed by atoms with Gasteiger partial charge >= 0.3 is 0 Å². The minimum absolute atomic E-state index is 0.349. The summed E-state index contributed by atoms with van der Waals surface area (Å²) in [5.74, 6) is 2.33. The molecule has 4 nitrogen and oxygen atoms in total. The second kappa shape index (κ2) is 6.88. The van der Waals surface area contributed by atoms with Gasteiger partial charge in [0.2, 0.25) is 0 Å². The van der Waals surface area contributed by atoms with Crippen LogP contribution in [0.5, 0.6) is 11.5 Å². The first-order chi connectivity index (χ1) is 10.7. The fourth-order valence-electron chi connectivity index (χ4n) is 3.84. The van der Waals surface area contributed by atoms with Gasteiger partial charge in [0.25, 0.3) is 0 Å². The number of benzene rings is 1. The van der Waals surface area contributed by atoms with E-state index in [-0.39, 0.29) is 0 Å². The molecule has 1 aliphatic carbocycles. The predicted molar refractivity (Wildman–Crippen MR) is 88.4 cm³/mol. The highest BCUT2D eigenvalue weighted by molar-refractivity contribution is 5.44. The van der Waals surface area contributed by atoms with Crippen LogP contribution in [0, 0.1) is 5.92 Å². The molecule has 122 valence electrons. The summed E-state index contributed by atoms with van der Waals surface area (Å²) in [6.07, 6.45) is 6.34. The van der Waals surface area contributed by atoms with Crippen LogP contribution in [0.2, 0.25) is 0 Å². The summed E-state index contributed by atoms with van der Waals surface area (Å²) in [6, 6.07) is 6.83. The van der Waals surface area contributed by atoms with Crippen LogP contribution < -0.4 is 15.2 Å². The Balaban J connectivity index is 1.80. The molecule has 0 bridgehead atoms. The molecule has 2 N–H and O–H groups in total. The number of likely N-dealkylation sites (tertiary alicyclic amines) is 1. The van der Waals surface area contributed by atoms with Gasteiger partial charge < -0.3 is 15.2 Å². The molecule has 1 aromatic rings.